The molecule has 1 fully saturated rings. The maximum absolute atomic E-state index is 13.0. The number of nitrogens with zero attached hydrogens (tertiary/aromatic N) is 3. The monoisotopic (exact) mass is 432 g/mol. The number of aromatic nitrogens is 2. The van der Waals surface area contributed by atoms with E-state index in [1.165, 1.54) is 12.1 Å². The molecule has 0 saturated carbocycles. The average molecular weight is 433 g/mol. The second-order valence-corrected chi connectivity index (χ2v) is 7.94. The zero-order chi connectivity index (χ0) is 20.2. The molecular weight excluding hydrogens is 415 g/mol. The third-order valence-electron chi connectivity index (χ3n) is 4.50. The fourth-order valence-corrected chi connectivity index (χ4v) is 3.87. The van der Waals surface area contributed by atoms with Crippen LogP contribution in [-0.4, -0.2) is 34.9 Å². The van der Waals surface area contributed by atoms with Gasteiger partial charge in [-0.25, -0.2) is 4.39 Å². The maximum Gasteiger partial charge on any atom is 0.277 e. The van der Waals surface area contributed by atoms with E-state index in [0.717, 1.165) is 43.4 Å². The summed E-state index contributed by atoms with van der Waals surface area (Å²) in [6, 6.07) is 11.3. The first-order valence-electron chi connectivity index (χ1n) is 9.15. The molecule has 29 heavy (non-hydrogen) atoms. The SMILES string of the molecule is O=C(CSc1nnc(-c2ccc(F)cc2)o1)Nc1cc(Cl)ccc1N1CCCC1. The van der Waals surface area contributed by atoms with Crippen molar-refractivity contribution in [1.29, 1.82) is 0 Å². The van der Waals surface area contributed by atoms with Crippen LogP contribution < -0.4 is 10.2 Å². The number of thioether (sulfide) groups is 1. The molecule has 1 aromatic heterocycles. The summed E-state index contributed by atoms with van der Waals surface area (Å²) < 4.78 is 18.6. The largest absolute Gasteiger partial charge is 0.411 e. The van der Waals surface area contributed by atoms with E-state index >= 15 is 0 Å². The Labute approximate surface area is 176 Å². The summed E-state index contributed by atoms with van der Waals surface area (Å²) in [4.78, 5) is 14.7. The van der Waals surface area contributed by atoms with Crippen LogP contribution in [0.4, 0.5) is 15.8 Å². The number of rotatable bonds is 6. The first-order chi connectivity index (χ1) is 14.1. The molecule has 1 saturated heterocycles. The molecule has 0 radical (unpaired) electrons. The highest BCUT2D eigenvalue weighted by atomic mass is 35.5. The van der Waals surface area contributed by atoms with Crippen molar-refractivity contribution < 1.29 is 13.6 Å². The maximum atomic E-state index is 13.0. The summed E-state index contributed by atoms with van der Waals surface area (Å²) in [5, 5.41) is 11.6. The van der Waals surface area contributed by atoms with Gasteiger partial charge in [0.2, 0.25) is 11.8 Å². The van der Waals surface area contributed by atoms with Crippen molar-refractivity contribution in [2.45, 2.75) is 18.1 Å². The molecule has 0 bridgehead atoms. The number of hydrogen-bond acceptors (Lipinski definition) is 6. The lowest BCUT2D eigenvalue weighted by molar-refractivity contribution is -0.113. The fourth-order valence-electron chi connectivity index (χ4n) is 3.13. The highest BCUT2D eigenvalue weighted by molar-refractivity contribution is 7.99. The van der Waals surface area contributed by atoms with Crippen LogP contribution in [0.1, 0.15) is 12.8 Å². The molecule has 9 heteroatoms. The van der Waals surface area contributed by atoms with Gasteiger partial charge >= 0.3 is 0 Å². The van der Waals surface area contributed by atoms with Crippen molar-refractivity contribution >= 4 is 40.6 Å². The summed E-state index contributed by atoms with van der Waals surface area (Å²) >= 11 is 7.25. The van der Waals surface area contributed by atoms with E-state index in [2.05, 4.69) is 20.4 Å². The van der Waals surface area contributed by atoms with E-state index in [9.17, 15) is 9.18 Å². The fraction of sp³-hybridized carbons (Fsp3) is 0.250. The van der Waals surface area contributed by atoms with Crippen LogP contribution in [0.2, 0.25) is 5.02 Å². The Morgan fingerprint density at radius 1 is 1.17 bits per heavy atom. The molecule has 6 nitrogen and oxygen atoms in total. The summed E-state index contributed by atoms with van der Waals surface area (Å²) in [5.41, 5.74) is 2.29. The van der Waals surface area contributed by atoms with Crippen LogP contribution in [0.15, 0.2) is 52.1 Å². The van der Waals surface area contributed by atoms with Crippen molar-refractivity contribution in [3.8, 4) is 11.5 Å². The number of amides is 1. The quantitative estimate of drug-likeness (QED) is 0.561. The molecule has 2 aromatic carbocycles. The number of benzene rings is 2. The van der Waals surface area contributed by atoms with Crippen LogP contribution in [0.3, 0.4) is 0 Å². The lowest BCUT2D eigenvalue weighted by atomic mass is 10.2. The molecule has 1 amide bonds. The molecule has 0 spiro atoms. The average Bonchev–Trinajstić information content (AvgIpc) is 3.39. The van der Waals surface area contributed by atoms with Crippen molar-refractivity contribution in [3.63, 3.8) is 0 Å². The lowest BCUT2D eigenvalue weighted by Gasteiger charge is -2.21. The molecule has 1 aliphatic heterocycles. The molecule has 150 valence electrons. The molecule has 1 aliphatic rings. The Morgan fingerprint density at radius 3 is 2.69 bits per heavy atom. The van der Waals surface area contributed by atoms with Crippen molar-refractivity contribution in [1.82, 2.24) is 10.2 Å². The Kier molecular flexibility index (Phi) is 6.01. The van der Waals surface area contributed by atoms with Gasteiger partial charge in [-0.1, -0.05) is 23.4 Å². The Morgan fingerprint density at radius 2 is 1.93 bits per heavy atom. The molecule has 4 rings (SSSR count). The first-order valence-corrected chi connectivity index (χ1v) is 10.5. The zero-order valence-corrected chi connectivity index (χ0v) is 17.0. The second kappa shape index (κ2) is 8.84. The summed E-state index contributed by atoms with van der Waals surface area (Å²) in [6.45, 7) is 1.93. The van der Waals surface area contributed by atoms with Crippen LogP contribution in [0.25, 0.3) is 11.5 Å². The minimum atomic E-state index is -0.339. The third-order valence-corrected chi connectivity index (χ3v) is 5.56. The van der Waals surface area contributed by atoms with E-state index in [1.54, 1.807) is 18.2 Å². The van der Waals surface area contributed by atoms with Gasteiger partial charge in [-0.15, -0.1) is 10.2 Å². The van der Waals surface area contributed by atoms with Gasteiger partial charge < -0.3 is 14.6 Å². The number of nitrogens with one attached hydrogen (secondary N) is 1. The van der Waals surface area contributed by atoms with Gasteiger partial charge in [0.05, 0.1) is 17.1 Å². The Balaban J connectivity index is 1.38. The highest BCUT2D eigenvalue weighted by Crippen LogP contribution is 2.32. The van der Waals surface area contributed by atoms with Gasteiger partial charge in [-0.05, 0) is 55.3 Å². The van der Waals surface area contributed by atoms with Crippen LogP contribution in [-0.2, 0) is 4.79 Å². The van der Waals surface area contributed by atoms with E-state index in [-0.39, 0.29) is 28.6 Å². The topological polar surface area (TPSA) is 71.3 Å². The minimum Gasteiger partial charge on any atom is -0.411 e. The van der Waals surface area contributed by atoms with E-state index < -0.39 is 0 Å². The number of halogens is 2. The van der Waals surface area contributed by atoms with E-state index in [4.69, 9.17) is 16.0 Å². The van der Waals surface area contributed by atoms with Crippen molar-refractivity contribution in [2.24, 2.45) is 0 Å². The predicted octanol–water partition coefficient (Wildman–Crippen LogP) is 4.86. The summed E-state index contributed by atoms with van der Waals surface area (Å²) in [5.74, 6) is -0.149. The van der Waals surface area contributed by atoms with Crippen LogP contribution in [0.5, 0.6) is 0 Å². The zero-order valence-electron chi connectivity index (χ0n) is 15.4. The summed E-state index contributed by atoms with van der Waals surface area (Å²) in [6.07, 6.45) is 2.28. The van der Waals surface area contributed by atoms with E-state index in [1.807, 2.05) is 12.1 Å². The number of carbonyl (C=O) groups excluding carboxylic acids is 1. The smallest absolute Gasteiger partial charge is 0.277 e. The van der Waals surface area contributed by atoms with Gasteiger partial charge in [0.15, 0.2) is 0 Å². The summed E-state index contributed by atoms with van der Waals surface area (Å²) in [7, 11) is 0. The van der Waals surface area contributed by atoms with Crippen molar-refractivity contribution in [2.75, 3.05) is 29.1 Å². The number of hydrogen-bond donors (Lipinski definition) is 1. The molecule has 1 N–H and O–H groups in total. The number of anilines is 2. The molecule has 0 unspecified atom stereocenters. The van der Waals surface area contributed by atoms with Gasteiger partial charge in [0.25, 0.3) is 5.22 Å². The normalized spacial score (nSPS) is 13.7. The predicted molar refractivity (Wildman–Crippen MR) is 112 cm³/mol. The molecular formula is C20H18ClFN4O2S. The molecule has 0 aliphatic carbocycles. The van der Waals surface area contributed by atoms with Gasteiger partial charge in [0, 0.05) is 23.7 Å². The van der Waals surface area contributed by atoms with Crippen LogP contribution in [0, 0.1) is 5.82 Å². The first kappa shape index (κ1) is 19.7. The molecule has 2 heterocycles. The van der Waals surface area contributed by atoms with Gasteiger partial charge in [0.1, 0.15) is 5.82 Å². The van der Waals surface area contributed by atoms with E-state index in [0.29, 0.717) is 16.3 Å². The molecule has 0 atom stereocenters. The molecule has 3 aromatic rings. The van der Waals surface area contributed by atoms with Crippen LogP contribution >= 0.6 is 23.4 Å². The second-order valence-electron chi connectivity index (χ2n) is 6.57. The Bertz CT molecular complexity index is 1010. The lowest BCUT2D eigenvalue weighted by Crippen LogP contribution is -2.21. The Hall–Kier alpha value is -2.58. The third kappa shape index (κ3) is 4.89. The van der Waals surface area contributed by atoms with Gasteiger partial charge in [-0.2, -0.15) is 0 Å². The standard InChI is InChI=1S/C20H18ClFN4O2S/c21-14-5-8-17(26-9-1-2-10-26)16(11-14)23-18(27)12-29-20-25-24-19(28-20)13-3-6-15(22)7-4-13/h3-8,11H,1-2,9-10,12H2,(H,23,27). The minimum absolute atomic E-state index is 0.108. The van der Waals surface area contributed by atoms with Crippen molar-refractivity contribution in [3.05, 3.63) is 53.3 Å². The van der Waals surface area contributed by atoms with Gasteiger partial charge in [-0.3, -0.25) is 4.79 Å². The highest BCUT2D eigenvalue weighted by Gasteiger charge is 2.18. The number of carbonyl (C=O) groups is 1.